The summed E-state index contributed by atoms with van der Waals surface area (Å²) in [6.45, 7) is 10.5. The van der Waals surface area contributed by atoms with Gasteiger partial charge in [0.15, 0.2) is 0 Å². The summed E-state index contributed by atoms with van der Waals surface area (Å²) < 4.78 is 6.29. The van der Waals surface area contributed by atoms with Gasteiger partial charge in [-0.1, -0.05) is 74.0 Å². The summed E-state index contributed by atoms with van der Waals surface area (Å²) >= 11 is 0. The van der Waals surface area contributed by atoms with Crippen molar-refractivity contribution >= 4 is 0 Å². The van der Waals surface area contributed by atoms with E-state index in [0.717, 1.165) is 26.2 Å². The third-order valence-corrected chi connectivity index (χ3v) is 4.16. The monoisotopic (exact) mass is 311 g/mol. The number of aryl methyl sites for hydroxylation is 1. The first-order valence-electron chi connectivity index (χ1n) is 8.70. The molecule has 0 aliphatic heterocycles. The summed E-state index contributed by atoms with van der Waals surface area (Å²) in [7, 11) is 0. The van der Waals surface area contributed by atoms with Crippen molar-refractivity contribution in [1.82, 2.24) is 4.90 Å². The molecular weight excluding hydrogens is 282 g/mol. The topological polar surface area (TPSA) is 12.5 Å². The van der Waals surface area contributed by atoms with Crippen molar-refractivity contribution in [3.63, 3.8) is 0 Å². The molecule has 2 rings (SSSR count). The van der Waals surface area contributed by atoms with Crippen LogP contribution >= 0.6 is 0 Å². The zero-order valence-electron chi connectivity index (χ0n) is 14.7. The molecule has 0 spiro atoms. The van der Waals surface area contributed by atoms with Gasteiger partial charge in [-0.15, -0.1) is 0 Å². The lowest BCUT2D eigenvalue weighted by atomic mass is 10.0. The Bertz CT molecular complexity index is 550. The molecule has 0 aromatic heterocycles. The van der Waals surface area contributed by atoms with Crippen LogP contribution in [0.4, 0.5) is 0 Å². The Morgan fingerprint density at radius 3 is 2.13 bits per heavy atom. The first-order chi connectivity index (χ1) is 11.2. The minimum absolute atomic E-state index is 0.0112. The normalized spacial score (nSPS) is 12.5. The SMILES string of the molecule is CCCN(CC)CCOC(c1ccccc1)c1ccc(C)cc1. The van der Waals surface area contributed by atoms with Gasteiger partial charge in [-0.25, -0.2) is 0 Å². The first-order valence-corrected chi connectivity index (χ1v) is 8.70. The lowest BCUT2D eigenvalue weighted by Gasteiger charge is -2.23. The lowest BCUT2D eigenvalue weighted by Crippen LogP contribution is -2.28. The van der Waals surface area contributed by atoms with Crippen LogP contribution in [0.15, 0.2) is 54.6 Å². The number of likely N-dealkylation sites (N-methyl/N-ethyl adjacent to an activating group) is 1. The molecule has 23 heavy (non-hydrogen) atoms. The van der Waals surface area contributed by atoms with E-state index < -0.39 is 0 Å². The van der Waals surface area contributed by atoms with Gasteiger partial charge in [-0.2, -0.15) is 0 Å². The van der Waals surface area contributed by atoms with Gasteiger partial charge in [-0.3, -0.25) is 0 Å². The zero-order chi connectivity index (χ0) is 16.5. The minimum atomic E-state index is 0.0112. The average Bonchev–Trinajstić information content (AvgIpc) is 2.59. The van der Waals surface area contributed by atoms with Gasteiger partial charge in [0.1, 0.15) is 6.10 Å². The van der Waals surface area contributed by atoms with Gasteiger partial charge < -0.3 is 9.64 Å². The van der Waals surface area contributed by atoms with E-state index in [1.54, 1.807) is 0 Å². The smallest absolute Gasteiger partial charge is 0.108 e. The van der Waals surface area contributed by atoms with E-state index >= 15 is 0 Å². The standard InChI is InChI=1S/C21H29NO/c1-4-15-22(5-2)16-17-23-21(19-9-7-6-8-10-19)20-13-11-18(3)12-14-20/h6-14,21H,4-5,15-17H2,1-3H3. The third kappa shape index (κ3) is 5.49. The van der Waals surface area contributed by atoms with Crippen molar-refractivity contribution in [3.05, 3.63) is 71.3 Å². The highest BCUT2D eigenvalue weighted by Gasteiger charge is 2.14. The molecule has 2 heteroatoms. The third-order valence-electron chi connectivity index (χ3n) is 4.16. The van der Waals surface area contributed by atoms with Gasteiger partial charge in [-0.05, 0) is 37.6 Å². The predicted octanol–water partition coefficient (Wildman–Crippen LogP) is 4.83. The number of hydrogen-bond acceptors (Lipinski definition) is 2. The Labute approximate surface area is 141 Å². The van der Waals surface area contributed by atoms with Crippen molar-refractivity contribution in [3.8, 4) is 0 Å². The van der Waals surface area contributed by atoms with Crippen LogP contribution in [0.1, 0.15) is 43.1 Å². The van der Waals surface area contributed by atoms with Crippen LogP contribution < -0.4 is 0 Å². The van der Waals surface area contributed by atoms with E-state index in [-0.39, 0.29) is 6.10 Å². The fraction of sp³-hybridized carbons (Fsp3) is 0.429. The summed E-state index contributed by atoms with van der Waals surface area (Å²) in [6, 6.07) is 19.2. The molecule has 0 heterocycles. The highest BCUT2D eigenvalue weighted by molar-refractivity contribution is 5.31. The van der Waals surface area contributed by atoms with Crippen molar-refractivity contribution in [1.29, 1.82) is 0 Å². The maximum atomic E-state index is 6.29. The molecular formula is C21H29NO. The average molecular weight is 311 g/mol. The number of rotatable bonds is 9. The summed E-state index contributed by atoms with van der Waals surface area (Å²) in [5.74, 6) is 0. The lowest BCUT2D eigenvalue weighted by molar-refractivity contribution is 0.0608. The van der Waals surface area contributed by atoms with Crippen LogP contribution in [0, 0.1) is 6.92 Å². The molecule has 0 radical (unpaired) electrons. The number of nitrogens with zero attached hydrogens (tertiary/aromatic N) is 1. The zero-order valence-corrected chi connectivity index (χ0v) is 14.7. The molecule has 0 aliphatic carbocycles. The summed E-state index contributed by atoms with van der Waals surface area (Å²) in [5, 5.41) is 0. The number of ether oxygens (including phenoxy) is 1. The van der Waals surface area contributed by atoms with Crippen molar-refractivity contribution < 1.29 is 4.74 Å². The maximum absolute atomic E-state index is 6.29. The van der Waals surface area contributed by atoms with Gasteiger partial charge >= 0.3 is 0 Å². The molecule has 0 fully saturated rings. The Kier molecular flexibility index (Phi) is 7.31. The van der Waals surface area contributed by atoms with Gasteiger partial charge in [0, 0.05) is 6.54 Å². The quantitative estimate of drug-likeness (QED) is 0.657. The fourth-order valence-electron chi connectivity index (χ4n) is 2.80. The van der Waals surface area contributed by atoms with Gasteiger partial charge in [0.05, 0.1) is 6.61 Å². The Balaban J connectivity index is 2.07. The molecule has 2 nitrogen and oxygen atoms in total. The Morgan fingerprint density at radius 1 is 0.870 bits per heavy atom. The highest BCUT2D eigenvalue weighted by Crippen LogP contribution is 2.26. The van der Waals surface area contributed by atoms with E-state index in [1.807, 2.05) is 0 Å². The summed E-state index contributed by atoms with van der Waals surface area (Å²) in [5.41, 5.74) is 3.72. The second-order valence-corrected chi connectivity index (χ2v) is 6.01. The molecule has 0 saturated carbocycles. The van der Waals surface area contributed by atoms with Crippen LogP contribution in [0.3, 0.4) is 0 Å². The number of benzene rings is 2. The maximum Gasteiger partial charge on any atom is 0.108 e. The molecule has 0 amide bonds. The molecule has 0 saturated heterocycles. The van der Waals surface area contributed by atoms with Crippen LogP contribution in [-0.2, 0) is 4.74 Å². The van der Waals surface area contributed by atoms with Gasteiger partial charge in [0.25, 0.3) is 0 Å². The molecule has 1 atom stereocenters. The second-order valence-electron chi connectivity index (χ2n) is 6.01. The van der Waals surface area contributed by atoms with E-state index in [9.17, 15) is 0 Å². The van der Waals surface area contributed by atoms with Crippen LogP contribution in [0.25, 0.3) is 0 Å². The fourth-order valence-corrected chi connectivity index (χ4v) is 2.80. The molecule has 1 unspecified atom stereocenters. The summed E-state index contributed by atoms with van der Waals surface area (Å²) in [4.78, 5) is 2.44. The van der Waals surface area contributed by atoms with Crippen LogP contribution in [-0.4, -0.2) is 31.1 Å². The molecule has 0 N–H and O–H groups in total. The van der Waals surface area contributed by atoms with E-state index in [4.69, 9.17) is 4.74 Å². The van der Waals surface area contributed by atoms with Crippen molar-refractivity contribution in [2.45, 2.75) is 33.3 Å². The van der Waals surface area contributed by atoms with E-state index in [0.29, 0.717) is 0 Å². The van der Waals surface area contributed by atoms with Crippen LogP contribution in [0.2, 0.25) is 0 Å². The van der Waals surface area contributed by atoms with Crippen molar-refractivity contribution in [2.24, 2.45) is 0 Å². The predicted molar refractivity (Wildman–Crippen MR) is 97.8 cm³/mol. The molecule has 2 aromatic carbocycles. The first kappa shape index (κ1) is 17.7. The summed E-state index contributed by atoms with van der Waals surface area (Å²) in [6.07, 6.45) is 1.20. The number of hydrogen-bond donors (Lipinski definition) is 0. The molecule has 0 aliphatic rings. The van der Waals surface area contributed by atoms with Crippen molar-refractivity contribution in [2.75, 3.05) is 26.2 Å². The largest absolute Gasteiger partial charge is 0.367 e. The molecule has 2 aromatic rings. The highest BCUT2D eigenvalue weighted by atomic mass is 16.5. The minimum Gasteiger partial charge on any atom is -0.367 e. The second kappa shape index (κ2) is 9.49. The van der Waals surface area contributed by atoms with E-state index in [2.05, 4.69) is 80.3 Å². The molecule has 0 bridgehead atoms. The Morgan fingerprint density at radius 2 is 1.52 bits per heavy atom. The van der Waals surface area contributed by atoms with Crippen LogP contribution in [0.5, 0.6) is 0 Å². The Hall–Kier alpha value is -1.64. The molecule has 124 valence electrons. The van der Waals surface area contributed by atoms with Gasteiger partial charge in [0.2, 0.25) is 0 Å². The van der Waals surface area contributed by atoms with E-state index in [1.165, 1.54) is 23.1 Å².